The topological polar surface area (TPSA) is 52.7 Å². The molecule has 23 heavy (non-hydrogen) atoms. The maximum atomic E-state index is 13.2. The number of nitrogens with zero attached hydrogens (tertiary/aromatic N) is 2. The third kappa shape index (κ3) is 5.98. The first-order valence-electron chi connectivity index (χ1n) is 7.98. The quantitative estimate of drug-likeness (QED) is 0.787. The summed E-state index contributed by atoms with van der Waals surface area (Å²) in [6, 6.07) is 6.58. The predicted octanol–water partition coefficient (Wildman–Crippen LogP) is 1.38. The highest BCUT2D eigenvalue weighted by molar-refractivity contribution is 5.81. The fourth-order valence-electron chi connectivity index (χ4n) is 2.36. The number of hydrogen-bond donors (Lipinski definition) is 1. The molecule has 126 valence electrons. The maximum absolute atomic E-state index is 13.2. The van der Waals surface area contributed by atoms with Gasteiger partial charge in [0.1, 0.15) is 5.82 Å². The SMILES string of the molecule is CCN(Cc1cccc(F)c1)C(=O)CN(C)CC(=O)NC1CC1. The van der Waals surface area contributed by atoms with Crippen molar-refractivity contribution < 1.29 is 14.0 Å². The summed E-state index contributed by atoms with van der Waals surface area (Å²) in [6.07, 6.45) is 2.09. The van der Waals surface area contributed by atoms with Crippen LogP contribution in [0.5, 0.6) is 0 Å². The molecule has 0 atom stereocenters. The highest BCUT2D eigenvalue weighted by Crippen LogP contribution is 2.18. The van der Waals surface area contributed by atoms with Crippen molar-refractivity contribution >= 4 is 11.8 Å². The Kier molecular flexibility index (Phi) is 6.10. The summed E-state index contributed by atoms with van der Waals surface area (Å²) in [5.74, 6) is -0.422. The fraction of sp³-hybridized carbons (Fsp3) is 0.529. The van der Waals surface area contributed by atoms with Crippen LogP contribution in [0, 0.1) is 5.82 Å². The van der Waals surface area contributed by atoms with Crippen molar-refractivity contribution in [3.05, 3.63) is 35.6 Å². The molecule has 1 saturated carbocycles. The minimum absolute atomic E-state index is 0.0454. The van der Waals surface area contributed by atoms with E-state index in [1.807, 2.05) is 6.92 Å². The van der Waals surface area contributed by atoms with Crippen molar-refractivity contribution in [1.29, 1.82) is 0 Å². The number of likely N-dealkylation sites (N-methyl/N-ethyl adjacent to an activating group) is 2. The zero-order chi connectivity index (χ0) is 16.8. The molecule has 6 heteroatoms. The van der Waals surface area contributed by atoms with Crippen molar-refractivity contribution in [3.63, 3.8) is 0 Å². The van der Waals surface area contributed by atoms with Gasteiger partial charge in [0.2, 0.25) is 11.8 Å². The van der Waals surface area contributed by atoms with Gasteiger partial charge < -0.3 is 10.2 Å². The van der Waals surface area contributed by atoms with Gasteiger partial charge in [-0.2, -0.15) is 0 Å². The third-order valence-corrected chi connectivity index (χ3v) is 3.76. The summed E-state index contributed by atoms with van der Waals surface area (Å²) in [7, 11) is 1.75. The Labute approximate surface area is 136 Å². The average molecular weight is 321 g/mol. The molecule has 1 aliphatic rings. The first-order chi connectivity index (χ1) is 11.0. The van der Waals surface area contributed by atoms with Crippen molar-refractivity contribution in [3.8, 4) is 0 Å². The molecule has 1 aromatic carbocycles. The van der Waals surface area contributed by atoms with Gasteiger partial charge in [-0.25, -0.2) is 4.39 Å². The maximum Gasteiger partial charge on any atom is 0.237 e. The van der Waals surface area contributed by atoms with E-state index in [1.165, 1.54) is 12.1 Å². The Hall–Kier alpha value is -1.95. The van der Waals surface area contributed by atoms with E-state index in [4.69, 9.17) is 0 Å². The summed E-state index contributed by atoms with van der Waals surface area (Å²) >= 11 is 0. The second-order valence-electron chi connectivity index (χ2n) is 6.05. The molecule has 0 aliphatic heterocycles. The largest absolute Gasteiger partial charge is 0.352 e. The number of benzene rings is 1. The minimum Gasteiger partial charge on any atom is -0.352 e. The Morgan fingerprint density at radius 1 is 1.30 bits per heavy atom. The average Bonchev–Trinajstić information content (AvgIpc) is 3.28. The molecule has 0 heterocycles. The predicted molar refractivity (Wildman–Crippen MR) is 86.2 cm³/mol. The molecule has 1 N–H and O–H groups in total. The van der Waals surface area contributed by atoms with Crippen LogP contribution in [0.25, 0.3) is 0 Å². The molecule has 0 aromatic heterocycles. The minimum atomic E-state index is -0.306. The molecular weight excluding hydrogens is 297 g/mol. The smallest absolute Gasteiger partial charge is 0.237 e. The monoisotopic (exact) mass is 321 g/mol. The van der Waals surface area contributed by atoms with Crippen LogP contribution in [0.15, 0.2) is 24.3 Å². The summed E-state index contributed by atoms with van der Waals surface area (Å²) in [5.41, 5.74) is 0.759. The Balaban J connectivity index is 1.82. The highest BCUT2D eigenvalue weighted by atomic mass is 19.1. The number of hydrogen-bond acceptors (Lipinski definition) is 3. The van der Waals surface area contributed by atoms with Gasteiger partial charge in [0.05, 0.1) is 13.1 Å². The lowest BCUT2D eigenvalue weighted by atomic mass is 10.2. The van der Waals surface area contributed by atoms with Crippen LogP contribution in [0.1, 0.15) is 25.3 Å². The van der Waals surface area contributed by atoms with Gasteiger partial charge in [-0.1, -0.05) is 12.1 Å². The molecule has 1 fully saturated rings. The third-order valence-electron chi connectivity index (χ3n) is 3.76. The summed E-state index contributed by atoms with van der Waals surface area (Å²) < 4.78 is 13.2. The molecule has 2 rings (SSSR count). The first kappa shape index (κ1) is 17.4. The Morgan fingerprint density at radius 3 is 2.65 bits per heavy atom. The van der Waals surface area contributed by atoms with Crippen LogP contribution in [0.4, 0.5) is 4.39 Å². The molecule has 2 amide bonds. The molecule has 1 aromatic rings. The molecule has 0 radical (unpaired) electrons. The molecule has 0 saturated heterocycles. The van der Waals surface area contributed by atoms with E-state index in [0.717, 1.165) is 18.4 Å². The van der Waals surface area contributed by atoms with Gasteiger partial charge in [0.25, 0.3) is 0 Å². The van der Waals surface area contributed by atoms with E-state index in [1.54, 1.807) is 29.0 Å². The Bertz CT molecular complexity index is 561. The van der Waals surface area contributed by atoms with Crippen molar-refractivity contribution in [2.24, 2.45) is 0 Å². The lowest BCUT2D eigenvalue weighted by molar-refractivity contribution is -0.133. The van der Waals surface area contributed by atoms with Crippen molar-refractivity contribution in [2.45, 2.75) is 32.4 Å². The number of amides is 2. The van der Waals surface area contributed by atoms with Crippen molar-refractivity contribution in [1.82, 2.24) is 15.1 Å². The second kappa shape index (κ2) is 8.06. The van der Waals surface area contributed by atoms with Gasteiger partial charge >= 0.3 is 0 Å². The number of halogens is 1. The summed E-state index contributed by atoms with van der Waals surface area (Å²) in [5, 5.41) is 2.90. The van der Waals surface area contributed by atoms with E-state index in [2.05, 4.69) is 5.32 Å². The van der Waals surface area contributed by atoms with Crippen LogP contribution in [-0.4, -0.2) is 54.3 Å². The standard InChI is InChI=1S/C17H24FN3O2/c1-3-21(10-13-5-4-6-14(18)9-13)17(23)12-20(2)11-16(22)19-15-7-8-15/h4-6,9,15H,3,7-8,10-12H2,1-2H3,(H,19,22). The van der Waals surface area contributed by atoms with E-state index in [-0.39, 0.29) is 30.7 Å². The first-order valence-corrected chi connectivity index (χ1v) is 7.98. The van der Waals surface area contributed by atoms with Gasteiger partial charge in [0.15, 0.2) is 0 Å². The second-order valence-corrected chi connectivity index (χ2v) is 6.05. The van der Waals surface area contributed by atoms with E-state index < -0.39 is 0 Å². The lowest BCUT2D eigenvalue weighted by Gasteiger charge is -2.24. The van der Waals surface area contributed by atoms with E-state index in [0.29, 0.717) is 19.1 Å². The van der Waals surface area contributed by atoms with Crippen LogP contribution in [0.3, 0.4) is 0 Å². The lowest BCUT2D eigenvalue weighted by Crippen LogP contribution is -2.42. The van der Waals surface area contributed by atoms with E-state index >= 15 is 0 Å². The highest BCUT2D eigenvalue weighted by Gasteiger charge is 2.24. The summed E-state index contributed by atoms with van der Waals surface area (Å²) in [4.78, 5) is 27.4. The van der Waals surface area contributed by atoms with Crippen LogP contribution >= 0.6 is 0 Å². The van der Waals surface area contributed by atoms with Gasteiger partial charge in [0, 0.05) is 19.1 Å². The zero-order valence-corrected chi connectivity index (χ0v) is 13.7. The normalized spacial score (nSPS) is 13.9. The number of carbonyl (C=O) groups is 2. The Morgan fingerprint density at radius 2 is 2.04 bits per heavy atom. The van der Waals surface area contributed by atoms with Crippen LogP contribution < -0.4 is 5.32 Å². The molecular formula is C17H24FN3O2. The molecule has 5 nitrogen and oxygen atoms in total. The summed E-state index contributed by atoms with van der Waals surface area (Å²) in [6.45, 7) is 3.17. The van der Waals surface area contributed by atoms with E-state index in [9.17, 15) is 14.0 Å². The van der Waals surface area contributed by atoms with Gasteiger partial charge in [-0.15, -0.1) is 0 Å². The van der Waals surface area contributed by atoms with Crippen molar-refractivity contribution in [2.75, 3.05) is 26.7 Å². The number of nitrogens with one attached hydrogen (secondary N) is 1. The van der Waals surface area contributed by atoms with Gasteiger partial charge in [-0.3, -0.25) is 14.5 Å². The zero-order valence-electron chi connectivity index (χ0n) is 13.7. The van der Waals surface area contributed by atoms with Crippen LogP contribution in [0.2, 0.25) is 0 Å². The fourth-order valence-corrected chi connectivity index (χ4v) is 2.36. The number of rotatable bonds is 8. The molecule has 0 spiro atoms. The van der Waals surface area contributed by atoms with Crippen LogP contribution in [-0.2, 0) is 16.1 Å². The number of carbonyl (C=O) groups excluding carboxylic acids is 2. The molecule has 0 bridgehead atoms. The molecule has 0 unspecified atom stereocenters. The molecule has 1 aliphatic carbocycles. The van der Waals surface area contributed by atoms with Gasteiger partial charge in [-0.05, 0) is 44.5 Å².